The summed E-state index contributed by atoms with van der Waals surface area (Å²) >= 11 is 4.86. The van der Waals surface area contributed by atoms with Gasteiger partial charge in [0.2, 0.25) is 0 Å². The molecule has 1 heterocycles. The highest BCUT2D eigenvalue weighted by Gasteiger charge is 2.09. The largest absolute Gasteiger partial charge is 0.389 e. The predicted molar refractivity (Wildman–Crippen MR) is 77.3 cm³/mol. The van der Waals surface area contributed by atoms with E-state index in [2.05, 4.69) is 0 Å². The highest BCUT2D eigenvalue weighted by molar-refractivity contribution is 7.80. The fourth-order valence-corrected chi connectivity index (χ4v) is 2.00. The van der Waals surface area contributed by atoms with Crippen molar-refractivity contribution in [3.63, 3.8) is 0 Å². The molecule has 0 unspecified atom stereocenters. The molecule has 0 bridgehead atoms. The molecular weight excluding hydrogens is 281 g/mol. The highest BCUT2D eigenvalue weighted by atomic mass is 32.1. The second-order valence-corrected chi connectivity index (χ2v) is 4.75. The smallest absolute Gasteiger partial charge is 0.316 e. The van der Waals surface area contributed by atoms with Crippen molar-refractivity contribution >= 4 is 17.2 Å². The van der Waals surface area contributed by atoms with Gasteiger partial charge in [-0.25, -0.2) is 4.39 Å². The van der Waals surface area contributed by atoms with Crippen LogP contribution in [0.4, 0.5) is 4.39 Å². The summed E-state index contributed by atoms with van der Waals surface area (Å²) in [7, 11) is 1.49. The first-order chi connectivity index (χ1) is 9.40. The van der Waals surface area contributed by atoms with Crippen molar-refractivity contribution in [2.75, 3.05) is 0 Å². The second kappa shape index (κ2) is 5.38. The zero-order valence-electron chi connectivity index (χ0n) is 10.7. The van der Waals surface area contributed by atoms with Crippen molar-refractivity contribution in [1.82, 2.24) is 9.13 Å². The molecule has 2 N–H and O–H groups in total. The molecule has 2 aromatic rings. The van der Waals surface area contributed by atoms with Crippen molar-refractivity contribution in [2.24, 2.45) is 12.8 Å². The number of hydrogen-bond acceptors (Lipinski definition) is 3. The SMILES string of the molecule is Cn1ccn(Cc2ccc(F)cc2C(N)=S)c(=O)c1=O. The number of thiocarbonyl (C=S) groups is 1. The normalized spacial score (nSPS) is 10.5. The summed E-state index contributed by atoms with van der Waals surface area (Å²) in [6.07, 6.45) is 2.96. The molecular formula is C13H12FN3O2S. The van der Waals surface area contributed by atoms with Gasteiger partial charge >= 0.3 is 11.1 Å². The van der Waals surface area contributed by atoms with Crippen molar-refractivity contribution < 1.29 is 4.39 Å². The van der Waals surface area contributed by atoms with E-state index in [0.29, 0.717) is 11.1 Å². The van der Waals surface area contributed by atoms with E-state index < -0.39 is 16.9 Å². The minimum atomic E-state index is -0.659. The molecule has 0 amide bonds. The van der Waals surface area contributed by atoms with Crippen molar-refractivity contribution in [3.8, 4) is 0 Å². The van der Waals surface area contributed by atoms with Crippen LogP contribution in [0.3, 0.4) is 0 Å². The van der Waals surface area contributed by atoms with Crippen LogP contribution < -0.4 is 16.9 Å². The van der Waals surface area contributed by atoms with Crippen LogP contribution in [-0.2, 0) is 13.6 Å². The van der Waals surface area contributed by atoms with E-state index in [1.165, 1.54) is 46.8 Å². The predicted octanol–water partition coefficient (Wildman–Crippen LogP) is 0.369. The van der Waals surface area contributed by atoms with Crippen LogP contribution in [0.1, 0.15) is 11.1 Å². The molecule has 2 rings (SSSR count). The first-order valence-electron chi connectivity index (χ1n) is 5.74. The Hall–Kier alpha value is -2.28. The fourth-order valence-electron chi connectivity index (χ4n) is 1.81. The maximum Gasteiger partial charge on any atom is 0.316 e. The molecule has 20 heavy (non-hydrogen) atoms. The Kier molecular flexibility index (Phi) is 3.80. The van der Waals surface area contributed by atoms with E-state index in [1.54, 1.807) is 0 Å². The van der Waals surface area contributed by atoms with E-state index in [1.807, 2.05) is 0 Å². The molecule has 0 fully saturated rings. The third kappa shape index (κ3) is 2.67. The van der Waals surface area contributed by atoms with Gasteiger partial charge in [0.15, 0.2) is 0 Å². The Morgan fingerprint density at radius 2 is 2.00 bits per heavy atom. The minimum Gasteiger partial charge on any atom is -0.389 e. The van der Waals surface area contributed by atoms with Crippen LogP contribution in [0, 0.1) is 5.82 Å². The average molecular weight is 293 g/mol. The first kappa shape index (κ1) is 14.1. The van der Waals surface area contributed by atoms with E-state index in [4.69, 9.17) is 18.0 Å². The molecule has 0 aliphatic rings. The standard InChI is InChI=1S/C13H12FN3O2S/c1-16-4-5-17(13(19)12(16)18)7-8-2-3-9(14)6-10(8)11(15)20/h2-6H,7H2,1H3,(H2,15,20). The molecule has 0 saturated carbocycles. The van der Waals surface area contributed by atoms with Crippen molar-refractivity contribution in [1.29, 1.82) is 0 Å². The molecule has 7 heteroatoms. The number of benzene rings is 1. The summed E-state index contributed by atoms with van der Waals surface area (Å²) in [4.78, 5) is 23.4. The Bertz CT molecular complexity index is 795. The Balaban J connectivity index is 2.51. The fraction of sp³-hybridized carbons (Fsp3) is 0.154. The Morgan fingerprint density at radius 1 is 1.30 bits per heavy atom. The maximum absolute atomic E-state index is 13.2. The highest BCUT2D eigenvalue weighted by Crippen LogP contribution is 2.12. The van der Waals surface area contributed by atoms with Crippen LogP contribution in [0.25, 0.3) is 0 Å². The van der Waals surface area contributed by atoms with Gasteiger partial charge in [0.1, 0.15) is 10.8 Å². The van der Waals surface area contributed by atoms with Gasteiger partial charge in [0.25, 0.3) is 0 Å². The van der Waals surface area contributed by atoms with Crippen LogP contribution >= 0.6 is 12.2 Å². The molecule has 1 aromatic carbocycles. The monoisotopic (exact) mass is 293 g/mol. The lowest BCUT2D eigenvalue weighted by molar-refractivity contribution is 0.625. The number of aromatic nitrogens is 2. The van der Waals surface area contributed by atoms with Gasteiger partial charge in [-0.2, -0.15) is 0 Å². The average Bonchev–Trinajstić information content (AvgIpc) is 2.41. The van der Waals surface area contributed by atoms with Gasteiger partial charge in [-0.3, -0.25) is 9.59 Å². The second-order valence-electron chi connectivity index (χ2n) is 4.31. The molecule has 5 nitrogen and oxygen atoms in total. The topological polar surface area (TPSA) is 70.0 Å². The quantitative estimate of drug-likeness (QED) is 0.655. The van der Waals surface area contributed by atoms with Crippen LogP contribution in [0.2, 0.25) is 0 Å². The molecule has 0 saturated heterocycles. The summed E-state index contributed by atoms with van der Waals surface area (Å²) in [5.74, 6) is -0.465. The van der Waals surface area contributed by atoms with Gasteiger partial charge in [0, 0.05) is 25.0 Å². The first-order valence-corrected chi connectivity index (χ1v) is 6.15. The molecule has 0 aliphatic heterocycles. The lowest BCUT2D eigenvalue weighted by Crippen LogP contribution is -2.39. The number of nitrogens with two attached hydrogens (primary N) is 1. The summed E-state index contributed by atoms with van der Waals surface area (Å²) in [6.45, 7) is 0.0991. The number of halogens is 1. The molecule has 104 valence electrons. The third-order valence-corrected chi connectivity index (χ3v) is 3.13. The minimum absolute atomic E-state index is 0.0383. The Labute approximate surface area is 119 Å². The summed E-state index contributed by atoms with van der Waals surface area (Å²) in [6, 6.07) is 3.96. The van der Waals surface area contributed by atoms with Gasteiger partial charge in [-0.05, 0) is 17.7 Å². The lowest BCUT2D eigenvalue weighted by Gasteiger charge is -2.10. The molecule has 0 spiro atoms. The van der Waals surface area contributed by atoms with E-state index in [0.717, 1.165) is 0 Å². The molecule has 0 aliphatic carbocycles. The van der Waals surface area contributed by atoms with Gasteiger partial charge in [-0.15, -0.1) is 0 Å². The van der Waals surface area contributed by atoms with E-state index in [-0.39, 0.29) is 11.5 Å². The van der Waals surface area contributed by atoms with Crippen LogP contribution in [0.15, 0.2) is 40.2 Å². The van der Waals surface area contributed by atoms with E-state index in [9.17, 15) is 14.0 Å². The Morgan fingerprint density at radius 3 is 2.65 bits per heavy atom. The zero-order valence-corrected chi connectivity index (χ0v) is 11.5. The summed E-state index contributed by atoms with van der Waals surface area (Å²) in [5, 5.41) is 0. The number of aryl methyl sites for hydroxylation is 1. The van der Waals surface area contributed by atoms with Crippen LogP contribution in [0.5, 0.6) is 0 Å². The maximum atomic E-state index is 13.2. The molecule has 0 atom stereocenters. The third-order valence-electron chi connectivity index (χ3n) is 2.91. The van der Waals surface area contributed by atoms with Gasteiger partial charge < -0.3 is 14.9 Å². The number of rotatable bonds is 3. The molecule has 1 aromatic heterocycles. The van der Waals surface area contributed by atoms with Crippen molar-refractivity contribution in [2.45, 2.75) is 6.54 Å². The van der Waals surface area contributed by atoms with E-state index >= 15 is 0 Å². The lowest BCUT2D eigenvalue weighted by atomic mass is 10.1. The summed E-state index contributed by atoms with van der Waals surface area (Å²) < 4.78 is 15.6. The number of hydrogen-bond donors (Lipinski definition) is 1. The zero-order chi connectivity index (χ0) is 14.9. The number of nitrogens with zero attached hydrogens (tertiary/aromatic N) is 2. The summed E-state index contributed by atoms with van der Waals surface area (Å²) in [5.41, 5.74) is 5.18. The van der Waals surface area contributed by atoms with Crippen LogP contribution in [-0.4, -0.2) is 14.1 Å². The van der Waals surface area contributed by atoms with Gasteiger partial charge in [-0.1, -0.05) is 18.3 Å². The molecule has 0 radical (unpaired) electrons. The van der Waals surface area contributed by atoms with Crippen molar-refractivity contribution in [3.05, 3.63) is 68.2 Å². The van der Waals surface area contributed by atoms with Gasteiger partial charge in [0.05, 0.1) is 6.54 Å².